The van der Waals surface area contributed by atoms with Gasteiger partial charge in [0.05, 0.1) is 12.7 Å². The summed E-state index contributed by atoms with van der Waals surface area (Å²) >= 11 is 0. The normalized spacial score (nSPS) is 23.4. The number of hydrogen-bond acceptors (Lipinski definition) is 3. The number of carbonyl (C=O) groups is 1. The van der Waals surface area contributed by atoms with E-state index in [1.807, 2.05) is 24.3 Å². The van der Waals surface area contributed by atoms with Gasteiger partial charge in [0.15, 0.2) is 0 Å². The van der Waals surface area contributed by atoms with Crippen LogP contribution < -0.4 is 10.6 Å². The van der Waals surface area contributed by atoms with Crippen LogP contribution in [0.5, 0.6) is 0 Å². The minimum absolute atomic E-state index is 0.0988. The molecule has 1 saturated carbocycles. The second kappa shape index (κ2) is 7.79. The van der Waals surface area contributed by atoms with Crippen molar-refractivity contribution >= 4 is 11.7 Å². The van der Waals surface area contributed by atoms with Gasteiger partial charge in [-0.3, -0.25) is 0 Å². The Morgan fingerprint density at radius 1 is 1.17 bits per heavy atom. The highest BCUT2D eigenvalue weighted by Crippen LogP contribution is 2.23. The first-order valence-corrected chi connectivity index (χ1v) is 8.68. The summed E-state index contributed by atoms with van der Waals surface area (Å²) in [5.74, 6) is 0. The molecule has 0 spiro atoms. The first kappa shape index (κ1) is 16.3. The topological polar surface area (TPSA) is 53.6 Å². The molecule has 2 N–H and O–H groups in total. The standard InChI is InChI=1S/C18H27N3O2/c1-21-11-12-23-17(13-21)14-7-9-16(10-8-14)20-18(22)19-15-5-3-2-4-6-15/h7-10,15,17H,2-6,11-13H2,1H3,(H2,19,20,22). The summed E-state index contributed by atoms with van der Waals surface area (Å²) in [6.45, 7) is 2.66. The number of ether oxygens (including phenoxy) is 1. The molecule has 1 heterocycles. The number of anilines is 1. The molecule has 1 aromatic carbocycles. The van der Waals surface area contributed by atoms with Crippen LogP contribution in [0.15, 0.2) is 24.3 Å². The van der Waals surface area contributed by atoms with E-state index in [9.17, 15) is 4.79 Å². The van der Waals surface area contributed by atoms with Gasteiger partial charge in [0, 0.05) is 24.8 Å². The van der Waals surface area contributed by atoms with E-state index in [0.717, 1.165) is 43.8 Å². The first-order chi connectivity index (χ1) is 11.2. The Labute approximate surface area is 138 Å². The predicted molar refractivity (Wildman–Crippen MR) is 91.7 cm³/mol. The molecule has 1 atom stereocenters. The lowest BCUT2D eigenvalue weighted by Gasteiger charge is -2.30. The Bertz CT molecular complexity index is 512. The van der Waals surface area contributed by atoms with Crippen molar-refractivity contribution in [1.29, 1.82) is 0 Å². The maximum atomic E-state index is 12.1. The zero-order valence-electron chi connectivity index (χ0n) is 13.9. The van der Waals surface area contributed by atoms with E-state index in [-0.39, 0.29) is 12.1 Å². The summed E-state index contributed by atoms with van der Waals surface area (Å²) in [6, 6.07) is 8.22. The molecule has 2 fully saturated rings. The van der Waals surface area contributed by atoms with E-state index >= 15 is 0 Å². The van der Waals surface area contributed by atoms with Crippen LogP contribution in [0.4, 0.5) is 10.5 Å². The Morgan fingerprint density at radius 3 is 2.61 bits per heavy atom. The fourth-order valence-electron chi connectivity index (χ4n) is 3.36. The Kier molecular flexibility index (Phi) is 5.51. The summed E-state index contributed by atoms with van der Waals surface area (Å²) in [6.07, 6.45) is 6.04. The molecular formula is C18H27N3O2. The number of likely N-dealkylation sites (N-methyl/N-ethyl adjacent to an activating group) is 1. The molecule has 5 nitrogen and oxygen atoms in total. The molecule has 2 aliphatic rings. The van der Waals surface area contributed by atoms with Crippen LogP contribution in [0.25, 0.3) is 0 Å². The zero-order valence-corrected chi connectivity index (χ0v) is 13.9. The number of rotatable bonds is 3. The van der Waals surface area contributed by atoms with Crippen LogP contribution in [-0.4, -0.2) is 43.7 Å². The third kappa shape index (κ3) is 4.69. The number of urea groups is 1. The molecule has 1 aliphatic heterocycles. The Balaban J connectivity index is 1.51. The van der Waals surface area contributed by atoms with Crippen molar-refractivity contribution in [3.63, 3.8) is 0 Å². The third-order valence-corrected chi connectivity index (χ3v) is 4.75. The number of morpholine rings is 1. The van der Waals surface area contributed by atoms with E-state index in [4.69, 9.17) is 4.74 Å². The lowest BCUT2D eigenvalue weighted by molar-refractivity contribution is -0.0208. The number of benzene rings is 1. The van der Waals surface area contributed by atoms with Gasteiger partial charge in [-0.2, -0.15) is 0 Å². The van der Waals surface area contributed by atoms with Crippen LogP contribution >= 0.6 is 0 Å². The molecule has 126 valence electrons. The molecule has 1 aliphatic carbocycles. The summed E-state index contributed by atoms with van der Waals surface area (Å²) in [4.78, 5) is 14.3. The molecule has 3 rings (SSSR count). The lowest BCUT2D eigenvalue weighted by atomic mass is 9.96. The third-order valence-electron chi connectivity index (χ3n) is 4.75. The highest BCUT2D eigenvalue weighted by molar-refractivity contribution is 5.89. The first-order valence-electron chi connectivity index (χ1n) is 8.68. The van der Waals surface area contributed by atoms with Crippen molar-refractivity contribution < 1.29 is 9.53 Å². The summed E-state index contributed by atoms with van der Waals surface area (Å²) < 4.78 is 5.81. The fourth-order valence-corrected chi connectivity index (χ4v) is 3.36. The maximum Gasteiger partial charge on any atom is 0.319 e. The van der Waals surface area contributed by atoms with Gasteiger partial charge in [-0.05, 0) is 37.6 Å². The summed E-state index contributed by atoms with van der Waals surface area (Å²) in [7, 11) is 2.11. The zero-order chi connectivity index (χ0) is 16.1. The second-order valence-electron chi connectivity index (χ2n) is 6.68. The highest BCUT2D eigenvalue weighted by atomic mass is 16.5. The van der Waals surface area contributed by atoms with Crippen molar-refractivity contribution in [1.82, 2.24) is 10.2 Å². The van der Waals surface area contributed by atoms with Crippen molar-refractivity contribution in [3.8, 4) is 0 Å². The van der Waals surface area contributed by atoms with E-state index in [0.29, 0.717) is 6.04 Å². The number of carbonyl (C=O) groups excluding carboxylic acids is 1. The molecule has 1 unspecified atom stereocenters. The molecule has 0 radical (unpaired) electrons. The molecule has 23 heavy (non-hydrogen) atoms. The largest absolute Gasteiger partial charge is 0.371 e. The van der Waals surface area contributed by atoms with Gasteiger partial charge in [0.2, 0.25) is 0 Å². The predicted octanol–water partition coefficient (Wildman–Crippen LogP) is 3.14. The number of nitrogens with one attached hydrogen (secondary N) is 2. The minimum atomic E-state index is -0.0988. The number of hydrogen-bond donors (Lipinski definition) is 2. The number of nitrogens with zero attached hydrogens (tertiary/aromatic N) is 1. The smallest absolute Gasteiger partial charge is 0.319 e. The van der Waals surface area contributed by atoms with Crippen LogP contribution in [-0.2, 0) is 4.74 Å². The Hall–Kier alpha value is -1.59. The van der Waals surface area contributed by atoms with Gasteiger partial charge in [-0.15, -0.1) is 0 Å². The van der Waals surface area contributed by atoms with E-state index in [1.54, 1.807) is 0 Å². The van der Waals surface area contributed by atoms with Crippen LogP contribution in [0.2, 0.25) is 0 Å². The van der Waals surface area contributed by atoms with Crippen molar-refractivity contribution in [3.05, 3.63) is 29.8 Å². The van der Waals surface area contributed by atoms with Crippen LogP contribution in [0, 0.1) is 0 Å². The van der Waals surface area contributed by atoms with E-state index in [1.165, 1.54) is 19.3 Å². The monoisotopic (exact) mass is 317 g/mol. The van der Waals surface area contributed by atoms with Gasteiger partial charge >= 0.3 is 6.03 Å². The van der Waals surface area contributed by atoms with Gasteiger partial charge in [0.25, 0.3) is 0 Å². The van der Waals surface area contributed by atoms with Gasteiger partial charge in [-0.25, -0.2) is 4.79 Å². The average Bonchev–Trinajstić information content (AvgIpc) is 2.56. The lowest BCUT2D eigenvalue weighted by Crippen LogP contribution is -2.39. The SMILES string of the molecule is CN1CCOC(c2ccc(NC(=O)NC3CCCCC3)cc2)C1. The quantitative estimate of drug-likeness (QED) is 0.900. The molecule has 2 amide bonds. The maximum absolute atomic E-state index is 12.1. The highest BCUT2D eigenvalue weighted by Gasteiger charge is 2.19. The van der Waals surface area contributed by atoms with E-state index in [2.05, 4.69) is 22.6 Å². The molecule has 1 saturated heterocycles. The molecule has 0 aromatic heterocycles. The van der Waals surface area contributed by atoms with Crippen LogP contribution in [0.1, 0.15) is 43.8 Å². The molecule has 1 aromatic rings. The number of amides is 2. The van der Waals surface area contributed by atoms with Crippen molar-refractivity contribution in [2.24, 2.45) is 0 Å². The average molecular weight is 317 g/mol. The molecule has 5 heteroatoms. The summed E-state index contributed by atoms with van der Waals surface area (Å²) in [5.41, 5.74) is 1.99. The van der Waals surface area contributed by atoms with Crippen LogP contribution in [0.3, 0.4) is 0 Å². The van der Waals surface area contributed by atoms with Gasteiger partial charge in [0.1, 0.15) is 0 Å². The van der Waals surface area contributed by atoms with Crippen molar-refractivity contribution in [2.75, 3.05) is 32.1 Å². The summed E-state index contributed by atoms with van der Waals surface area (Å²) in [5, 5.41) is 6.00. The molecular weight excluding hydrogens is 290 g/mol. The van der Waals surface area contributed by atoms with Crippen molar-refractivity contribution in [2.45, 2.75) is 44.2 Å². The van der Waals surface area contributed by atoms with E-state index < -0.39 is 0 Å². The Morgan fingerprint density at radius 2 is 1.91 bits per heavy atom. The second-order valence-corrected chi connectivity index (χ2v) is 6.68. The fraction of sp³-hybridized carbons (Fsp3) is 0.611. The van der Waals surface area contributed by atoms with Gasteiger partial charge in [-0.1, -0.05) is 31.4 Å². The molecule has 0 bridgehead atoms. The minimum Gasteiger partial charge on any atom is -0.371 e. The van der Waals surface area contributed by atoms with Gasteiger partial charge < -0.3 is 20.3 Å².